The van der Waals surface area contributed by atoms with Gasteiger partial charge in [0.25, 0.3) is 0 Å². The summed E-state index contributed by atoms with van der Waals surface area (Å²) in [5.41, 5.74) is 0. The Morgan fingerprint density at radius 2 is 2.17 bits per heavy atom. The van der Waals surface area contributed by atoms with Crippen molar-refractivity contribution in [2.24, 2.45) is 10.9 Å². The molecule has 3 rings (SSSR count). The number of aliphatic imine (C=N–C) groups is 1. The molecular formula is C18H30ClIN6O2S. The Morgan fingerprint density at radius 1 is 1.38 bits per heavy atom. The van der Waals surface area contributed by atoms with E-state index in [4.69, 9.17) is 11.6 Å². The van der Waals surface area contributed by atoms with Crippen molar-refractivity contribution in [3.05, 3.63) is 23.4 Å². The van der Waals surface area contributed by atoms with E-state index in [0.29, 0.717) is 30.0 Å². The molecule has 8 nitrogen and oxygen atoms in total. The zero-order valence-corrected chi connectivity index (χ0v) is 20.5. The number of sulfonamides is 1. The summed E-state index contributed by atoms with van der Waals surface area (Å²) in [4.78, 5) is 10.7. The fourth-order valence-corrected chi connectivity index (χ4v) is 4.63. The van der Waals surface area contributed by atoms with Crippen LogP contribution < -0.4 is 20.3 Å². The van der Waals surface area contributed by atoms with E-state index in [2.05, 4.69) is 30.2 Å². The molecule has 2 heterocycles. The van der Waals surface area contributed by atoms with Gasteiger partial charge in [0, 0.05) is 45.5 Å². The van der Waals surface area contributed by atoms with Gasteiger partial charge in [-0.25, -0.2) is 18.1 Å². The highest BCUT2D eigenvalue weighted by Gasteiger charge is 2.25. The van der Waals surface area contributed by atoms with Gasteiger partial charge in [-0.1, -0.05) is 18.0 Å². The van der Waals surface area contributed by atoms with Crippen LogP contribution in [-0.4, -0.2) is 64.4 Å². The Morgan fingerprint density at radius 3 is 2.83 bits per heavy atom. The molecule has 1 saturated heterocycles. The predicted molar refractivity (Wildman–Crippen MR) is 129 cm³/mol. The second-order valence-corrected chi connectivity index (χ2v) is 9.68. The number of nitrogens with one attached hydrogen (secondary N) is 3. The van der Waals surface area contributed by atoms with E-state index in [1.165, 1.54) is 6.42 Å². The fraction of sp³-hybridized carbons (Fsp3) is 0.667. The molecule has 1 aromatic heterocycles. The summed E-state index contributed by atoms with van der Waals surface area (Å²) in [5, 5.41) is 7.09. The van der Waals surface area contributed by atoms with Crippen LogP contribution in [0.25, 0.3) is 0 Å². The van der Waals surface area contributed by atoms with Gasteiger partial charge in [-0.15, -0.1) is 24.0 Å². The van der Waals surface area contributed by atoms with E-state index < -0.39 is 10.0 Å². The minimum atomic E-state index is -3.26. The van der Waals surface area contributed by atoms with Crippen molar-refractivity contribution in [2.45, 2.75) is 31.7 Å². The maximum Gasteiger partial charge on any atom is 0.213 e. The number of aromatic nitrogens is 1. The van der Waals surface area contributed by atoms with E-state index >= 15 is 0 Å². The highest BCUT2D eigenvalue weighted by atomic mass is 127. The molecule has 164 valence electrons. The van der Waals surface area contributed by atoms with Crippen LogP contribution in [0.4, 0.5) is 5.82 Å². The molecule has 1 atom stereocenters. The molecule has 0 bridgehead atoms. The summed E-state index contributed by atoms with van der Waals surface area (Å²) in [6, 6.07) is 3.85. The number of anilines is 1. The Balaban J connectivity index is 0.00000300. The Bertz CT molecular complexity index is 790. The van der Waals surface area contributed by atoms with Crippen LogP contribution in [0.5, 0.6) is 0 Å². The topological polar surface area (TPSA) is 98.7 Å². The van der Waals surface area contributed by atoms with Crippen molar-refractivity contribution in [3.63, 3.8) is 0 Å². The monoisotopic (exact) mass is 556 g/mol. The smallest absolute Gasteiger partial charge is 0.213 e. The van der Waals surface area contributed by atoms with E-state index in [9.17, 15) is 8.42 Å². The molecule has 0 amide bonds. The van der Waals surface area contributed by atoms with Gasteiger partial charge in [-0.3, -0.25) is 4.99 Å². The molecular weight excluding hydrogens is 527 g/mol. The van der Waals surface area contributed by atoms with Crippen molar-refractivity contribution in [1.29, 1.82) is 0 Å². The van der Waals surface area contributed by atoms with Crippen molar-refractivity contribution in [3.8, 4) is 0 Å². The Labute approximate surface area is 195 Å². The highest BCUT2D eigenvalue weighted by Crippen LogP contribution is 2.26. The molecule has 1 unspecified atom stereocenters. The second kappa shape index (κ2) is 11.5. The standard InChI is InChI=1S/C18H29ClN6O2S.HI/c1-20-18(22-9-11-28(26,27)23-12-14-4-2-5-14)24-15-7-10-25(13-15)17-16(19)6-3-8-21-17;/h3,6,8,14-15,23H,2,4-5,7,9-13H2,1H3,(H2,20,22,24);1H. The maximum absolute atomic E-state index is 12.1. The van der Waals surface area contributed by atoms with Gasteiger partial charge >= 0.3 is 0 Å². The molecule has 3 N–H and O–H groups in total. The molecule has 0 aromatic carbocycles. The Hall–Kier alpha value is -0.850. The predicted octanol–water partition coefficient (Wildman–Crippen LogP) is 1.82. The lowest BCUT2D eigenvalue weighted by Crippen LogP contribution is -2.46. The van der Waals surface area contributed by atoms with Gasteiger partial charge in [0.15, 0.2) is 5.96 Å². The SMILES string of the molecule is CN=C(NCCS(=O)(=O)NCC1CCC1)NC1CCN(c2ncccc2Cl)C1.I. The van der Waals surface area contributed by atoms with Crippen LogP contribution in [0.15, 0.2) is 23.3 Å². The molecule has 2 aliphatic rings. The second-order valence-electron chi connectivity index (χ2n) is 7.35. The lowest BCUT2D eigenvalue weighted by atomic mass is 9.86. The summed E-state index contributed by atoms with van der Waals surface area (Å²) in [5.74, 6) is 1.93. The zero-order valence-electron chi connectivity index (χ0n) is 16.6. The first-order chi connectivity index (χ1) is 13.5. The third-order valence-corrected chi connectivity index (χ3v) is 6.91. The average Bonchev–Trinajstić information content (AvgIpc) is 3.08. The number of guanidine groups is 1. The quantitative estimate of drug-likeness (QED) is 0.257. The number of pyridine rings is 1. The van der Waals surface area contributed by atoms with Crippen LogP contribution in [0.3, 0.4) is 0 Å². The van der Waals surface area contributed by atoms with Gasteiger partial charge in [0.1, 0.15) is 5.82 Å². The van der Waals surface area contributed by atoms with Crippen molar-refractivity contribution in [2.75, 3.05) is 43.9 Å². The van der Waals surface area contributed by atoms with Crippen molar-refractivity contribution < 1.29 is 8.42 Å². The minimum Gasteiger partial charge on any atom is -0.355 e. The van der Waals surface area contributed by atoms with Crippen molar-refractivity contribution >= 4 is 57.4 Å². The van der Waals surface area contributed by atoms with Crippen LogP contribution in [0, 0.1) is 5.92 Å². The first-order valence-electron chi connectivity index (χ1n) is 9.77. The Kier molecular flexibility index (Phi) is 9.70. The normalized spacial score (nSPS) is 20.1. The van der Waals surface area contributed by atoms with E-state index in [1.54, 1.807) is 13.2 Å². The van der Waals surface area contributed by atoms with Crippen molar-refractivity contribution in [1.82, 2.24) is 20.3 Å². The third-order valence-electron chi connectivity index (χ3n) is 5.27. The van der Waals surface area contributed by atoms with Crippen LogP contribution >= 0.6 is 35.6 Å². The number of hydrogen-bond acceptors (Lipinski definition) is 5. The number of nitrogens with zero attached hydrogens (tertiary/aromatic N) is 3. The number of halogens is 2. The van der Waals surface area contributed by atoms with E-state index in [0.717, 1.165) is 38.2 Å². The summed E-state index contributed by atoms with van der Waals surface area (Å²) < 4.78 is 26.9. The van der Waals surface area contributed by atoms with Gasteiger partial charge in [-0.2, -0.15) is 0 Å². The van der Waals surface area contributed by atoms with Gasteiger partial charge in [0.05, 0.1) is 10.8 Å². The molecule has 2 fully saturated rings. The molecule has 1 aliphatic heterocycles. The largest absolute Gasteiger partial charge is 0.355 e. The van der Waals surface area contributed by atoms with Crippen LogP contribution in [-0.2, 0) is 10.0 Å². The first kappa shape index (κ1) is 24.4. The average molecular weight is 557 g/mol. The zero-order chi connectivity index (χ0) is 20.0. The lowest BCUT2D eigenvalue weighted by molar-refractivity contribution is 0.316. The maximum atomic E-state index is 12.1. The summed E-state index contributed by atoms with van der Waals surface area (Å²) in [7, 11) is -1.58. The van der Waals surface area contributed by atoms with Crippen LogP contribution in [0.2, 0.25) is 5.02 Å². The number of hydrogen-bond donors (Lipinski definition) is 3. The van der Waals surface area contributed by atoms with Gasteiger partial charge in [0.2, 0.25) is 10.0 Å². The minimum absolute atomic E-state index is 0. The highest BCUT2D eigenvalue weighted by molar-refractivity contribution is 14.0. The van der Waals surface area contributed by atoms with Gasteiger partial charge in [-0.05, 0) is 37.3 Å². The van der Waals surface area contributed by atoms with Gasteiger partial charge < -0.3 is 15.5 Å². The molecule has 1 aromatic rings. The first-order valence-corrected chi connectivity index (χ1v) is 11.8. The summed E-state index contributed by atoms with van der Waals surface area (Å²) in [6.07, 6.45) is 6.12. The summed E-state index contributed by atoms with van der Waals surface area (Å²) in [6.45, 7) is 2.48. The number of rotatable bonds is 8. The van der Waals surface area contributed by atoms with E-state index in [-0.39, 0.29) is 35.8 Å². The molecule has 11 heteroatoms. The van der Waals surface area contributed by atoms with E-state index in [1.807, 2.05) is 12.1 Å². The van der Waals surface area contributed by atoms with Crippen LogP contribution in [0.1, 0.15) is 25.7 Å². The molecule has 0 spiro atoms. The summed E-state index contributed by atoms with van der Waals surface area (Å²) >= 11 is 6.23. The molecule has 1 saturated carbocycles. The fourth-order valence-electron chi connectivity index (χ4n) is 3.39. The molecule has 1 aliphatic carbocycles. The molecule has 29 heavy (non-hydrogen) atoms. The molecule has 0 radical (unpaired) electrons. The third kappa shape index (κ3) is 7.41. The lowest BCUT2D eigenvalue weighted by Gasteiger charge is -2.25.